The van der Waals surface area contributed by atoms with Crippen LogP contribution in [0.25, 0.3) is 22.3 Å². The van der Waals surface area contributed by atoms with Gasteiger partial charge < -0.3 is 20.4 Å². The summed E-state index contributed by atoms with van der Waals surface area (Å²) in [4.78, 5) is 26.7. The van der Waals surface area contributed by atoms with Gasteiger partial charge in [-0.1, -0.05) is 6.07 Å². The molecule has 0 unspecified atom stereocenters. The molecular formula is C17H22BN7O. The van der Waals surface area contributed by atoms with E-state index >= 15 is 0 Å². The van der Waals surface area contributed by atoms with E-state index in [1.165, 1.54) is 6.92 Å². The van der Waals surface area contributed by atoms with Crippen molar-refractivity contribution in [2.75, 3.05) is 24.1 Å². The summed E-state index contributed by atoms with van der Waals surface area (Å²) in [6.45, 7) is 2.04. The second-order valence-electron chi connectivity index (χ2n) is 6.39. The summed E-state index contributed by atoms with van der Waals surface area (Å²) in [6.07, 6.45) is 2.40. The van der Waals surface area contributed by atoms with Gasteiger partial charge in [-0.3, -0.25) is 9.78 Å². The number of nitrogen functional groups attached to an aromatic ring is 1. The average Bonchev–Trinajstić information content (AvgIpc) is 2.96. The first-order valence-electron chi connectivity index (χ1n) is 8.37. The number of carbonyl (C=O) groups is 1. The van der Waals surface area contributed by atoms with Gasteiger partial charge in [0, 0.05) is 32.6 Å². The lowest BCUT2D eigenvalue weighted by Crippen LogP contribution is -2.22. The maximum absolute atomic E-state index is 11.0. The minimum atomic E-state index is -0.0505. The van der Waals surface area contributed by atoms with Crippen molar-refractivity contribution in [3.8, 4) is 11.3 Å². The summed E-state index contributed by atoms with van der Waals surface area (Å²) in [6, 6.07) is 5.79. The molecule has 8 nitrogen and oxygen atoms in total. The number of aryl methyl sites for hydroxylation is 1. The number of anilines is 2. The van der Waals surface area contributed by atoms with Gasteiger partial charge >= 0.3 is 0 Å². The fraction of sp³-hybridized carbons (Fsp3) is 0.294. The van der Waals surface area contributed by atoms with Gasteiger partial charge in [-0.05, 0) is 19.2 Å². The molecule has 0 aliphatic carbocycles. The van der Waals surface area contributed by atoms with Gasteiger partial charge in [0.1, 0.15) is 17.2 Å². The Morgan fingerprint density at radius 1 is 1.38 bits per heavy atom. The molecule has 3 aromatic heterocycles. The first-order chi connectivity index (χ1) is 12.4. The zero-order valence-corrected chi connectivity index (χ0v) is 15.4. The Bertz CT molecular complexity index is 967. The van der Waals surface area contributed by atoms with E-state index in [4.69, 9.17) is 10.7 Å². The molecule has 3 aromatic rings. The monoisotopic (exact) mass is 351 g/mol. The smallest absolute Gasteiger partial charge is 0.219 e. The van der Waals surface area contributed by atoms with Crippen molar-refractivity contribution in [2.24, 2.45) is 7.05 Å². The third-order valence-corrected chi connectivity index (χ3v) is 4.11. The van der Waals surface area contributed by atoms with Crippen LogP contribution in [-0.2, 0) is 18.3 Å². The van der Waals surface area contributed by atoms with E-state index in [-0.39, 0.29) is 5.91 Å². The minimum Gasteiger partial charge on any atom is -0.408 e. The van der Waals surface area contributed by atoms with Gasteiger partial charge in [0.15, 0.2) is 0 Å². The van der Waals surface area contributed by atoms with Crippen molar-refractivity contribution in [1.82, 2.24) is 24.8 Å². The highest BCUT2D eigenvalue weighted by molar-refractivity contribution is 6.20. The molecule has 9 heteroatoms. The number of fused-ring (bicyclic) bond motifs is 1. The fourth-order valence-electron chi connectivity index (χ4n) is 2.92. The molecule has 3 N–H and O–H groups in total. The first-order valence-corrected chi connectivity index (χ1v) is 8.37. The molecule has 1 amide bonds. The highest BCUT2D eigenvalue weighted by Gasteiger charge is 2.19. The number of pyridine rings is 2. The zero-order chi connectivity index (χ0) is 18.8. The third kappa shape index (κ3) is 3.33. The van der Waals surface area contributed by atoms with Crippen molar-refractivity contribution < 1.29 is 4.79 Å². The Balaban J connectivity index is 2.08. The second-order valence-corrected chi connectivity index (χ2v) is 6.39. The lowest BCUT2D eigenvalue weighted by atomic mass is 10.1. The summed E-state index contributed by atoms with van der Waals surface area (Å²) >= 11 is 0. The number of nitrogens with zero attached hydrogens (tertiary/aromatic N) is 5. The number of amides is 1. The van der Waals surface area contributed by atoms with E-state index in [0.717, 1.165) is 33.8 Å². The van der Waals surface area contributed by atoms with Crippen LogP contribution >= 0.6 is 0 Å². The molecule has 0 saturated heterocycles. The summed E-state index contributed by atoms with van der Waals surface area (Å²) in [5.74, 6) is 1.09. The zero-order valence-electron chi connectivity index (χ0n) is 15.4. The number of carbonyl (C=O) groups excluding carboxylic acids is 1. The van der Waals surface area contributed by atoms with Crippen LogP contribution in [-0.4, -0.2) is 47.0 Å². The largest absolute Gasteiger partial charge is 0.408 e. The maximum atomic E-state index is 11.0. The molecule has 26 heavy (non-hydrogen) atoms. The molecule has 0 bridgehead atoms. The van der Waals surface area contributed by atoms with Crippen molar-refractivity contribution in [1.29, 1.82) is 0 Å². The molecular weight excluding hydrogens is 329 g/mol. The summed E-state index contributed by atoms with van der Waals surface area (Å²) in [5, 5.41) is 2.78. The second kappa shape index (κ2) is 7.03. The molecule has 0 atom stereocenters. The Labute approximate surface area is 152 Å². The lowest BCUT2D eigenvalue weighted by Gasteiger charge is -2.16. The Kier molecular flexibility index (Phi) is 4.79. The van der Waals surface area contributed by atoms with Crippen molar-refractivity contribution in [3.63, 3.8) is 0 Å². The lowest BCUT2D eigenvalue weighted by molar-refractivity contribution is -0.118. The van der Waals surface area contributed by atoms with Gasteiger partial charge in [0.2, 0.25) is 13.9 Å². The van der Waals surface area contributed by atoms with Gasteiger partial charge in [-0.25, -0.2) is 9.97 Å². The molecule has 0 aliphatic heterocycles. The van der Waals surface area contributed by atoms with E-state index in [1.54, 1.807) is 6.33 Å². The molecule has 3 heterocycles. The predicted octanol–water partition coefficient (Wildman–Crippen LogP) is 0.275. The van der Waals surface area contributed by atoms with Gasteiger partial charge in [0.05, 0.1) is 23.1 Å². The van der Waals surface area contributed by atoms with Gasteiger partial charge in [0.25, 0.3) is 0 Å². The maximum Gasteiger partial charge on any atom is 0.219 e. The number of nitrogens with two attached hydrogens (primary N) is 1. The minimum absolute atomic E-state index is 0.0505. The van der Waals surface area contributed by atoms with Crippen LogP contribution in [0.4, 0.5) is 11.6 Å². The molecule has 0 aliphatic rings. The predicted molar refractivity (Wildman–Crippen MR) is 105 cm³/mol. The van der Waals surface area contributed by atoms with Crippen LogP contribution in [0.3, 0.4) is 0 Å². The number of imidazole rings is 1. The van der Waals surface area contributed by atoms with Crippen LogP contribution in [0.1, 0.15) is 12.6 Å². The average molecular weight is 351 g/mol. The number of aromatic nitrogens is 4. The van der Waals surface area contributed by atoms with Crippen LogP contribution in [0, 0.1) is 0 Å². The summed E-state index contributed by atoms with van der Waals surface area (Å²) in [7, 11) is 5.76. The van der Waals surface area contributed by atoms with Crippen LogP contribution in [0.5, 0.6) is 0 Å². The van der Waals surface area contributed by atoms with Crippen molar-refractivity contribution in [3.05, 3.63) is 30.2 Å². The molecule has 0 aromatic carbocycles. The Morgan fingerprint density at radius 3 is 2.85 bits per heavy atom. The highest BCUT2D eigenvalue weighted by Crippen LogP contribution is 2.35. The normalized spacial score (nSPS) is 10.9. The van der Waals surface area contributed by atoms with Crippen molar-refractivity contribution >= 4 is 36.6 Å². The van der Waals surface area contributed by atoms with Crippen molar-refractivity contribution in [2.45, 2.75) is 13.3 Å². The Hall–Kier alpha value is -3.10. The molecule has 0 spiro atoms. The number of hydrogen-bond donors (Lipinski definition) is 2. The van der Waals surface area contributed by atoms with Gasteiger partial charge in [-0.2, -0.15) is 0 Å². The standard InChI is InChI=1S/C17H22BN7O/c1-10(26)20-8-7-11-5-4-6-12(22-11)13-15-14(21-9-24(15)2)17(25(3)18)23-16(13)19/h4-6,9H,7-8,18H2,1-3H3,(H2,19,23)(H,20,26). The number of hydrogen-bond acceptors (Lipinski definition) is 6. The number of rotatable bonds is 5. The molecule has 3 rings (SSSR count). The topological polar surface area (TPSA) is 102 Å². The van der Waals surface area contributed by atoms with E-state index in [0.29, 0.717) is 18.8 Å². The number of nitrogens with one attached hydrogen (secondary N) is 1. The molecule has 0 radical (unpaired) electrons. The first kappa shape index (κ1) is 17.7. The Morgan fingerprint density at radius 2 is 2.15 bits per heavy atom. The van der Waals surface area contributed by atoms with E-state index < -0.39 is 0 Å². The quantitative estimate of drug-likeness (QED) is 0.640. The fourth-order valence-corrected chi connectivity index (χ4v) is 2.92. The van der Waals surface area contributed by atoms with Crippen LogP contribution in [0.15, 0.2) is 24.5 Å². The molecule has 134 valence electrons. The van der Waals surface area contributed by atoms with E-state index in [2.05, 4.69) is 15.3 Å². The van der Waals surface area contributed by atoms with Gasteiger partial charge in [-0.15, -0.1) is 0 Å². The van der Waals surface area contributed by atoms with E-state index in [9.17, 15) is 4.79 Å². The van der Waals surface area contributed by atoms with Crippen LogP contribution < -0.4 is 15.9 Å². The molecule has 0 saturated carbocycles. The summed E-state index contributed by atoms with van der Waals surface area (Å²) in [5.41, 5.74) is 10.4. The molecule has 0 fully saturated rings. The highest BCUT2D eigenvalue weighted by atomic mass is 16.1. The van der Waals surface area contributed by atoms with E-state index in [1.807, 2.05) is 49.7 Å². The summed E-state index contributed by atoms with van der Waals surface area (Å²) < 4.78 is 1.93. The third-order valence-electron chi connectivity index (χ3n) is 4.11. The SMILES string of the molecule is BN(C)c1nc(N)c(-c2cccc(CCNC(C)=O)n2)c2c1ncn2C. The van der Waals surface area contributed by atoms with Crippen LogP contribution in [0.2, 0.25) is 0 Å².